The van der Waals surface area contributed by atoms with Crippen LogP contribution in [-0.2, 0) is 32.7 Å². The van der Waals surface area contributed by atoms with Crippen LogP contribution in [0.25, 0.3) is 0 Å². The van der Waals surface area contributed by atoms with Gasteiger partial charge in [-0.3, -0.25) is 18.6 Å². The van der Waals surface area contributed by atoms with Crippen LogP contribution in [0.4, 0.5) is 0 Å². The van der Waals surface area contributed by atoms with E-state index in [0.29, 0.717) is 23.9 Å². The zero-order chi connectivity index (χ0) is 57.0. The summed E-state index contributed by atoms with van der Waals surface area (Å²) in [6, 6.07) is 0. The minimum Gasteiger partial charge on any atom is -0.462 e. The van der Waals surface area contributed by atoms with Crippen molar-refractivity contribution in [3.63, 3.8) is 0 Å². The zero-order valence-electron chi connectivity index (χ0n) is 51.1. The van der Waals surface area contributed by atoms with Crippen molar-refractivity contribution in [3.05, 3.63) is 97.2 Å². The average molecular weight is 1110 g/mol. The van der Waals surface area contributed by atoms with E-state index in [4.69, 9.17) is 18.5 Å². The van der Waals surface area contributed by atoms with Crippen LogP contribution in [0.2, 0.25) is 0 Å². The SMILES string of the molecule is CC/C=C\C/C=C\C/C=C\C/C=C\C/C=C\CCCCCCCCCCCCCCCCCCCCCCCCCCCC(=O)OC(COC(=O)CCCCC/C=C\C/C=C\C/C=C\CC)COP(=O)(O)OCC[N+](C)(C)C. The van der Waals surface area contributed by atoms with Gasteiger partial charge in [-0.15, -0.1) is 0 Å². The van der Waals surface area contributed by atoms with Crippen LogP contribution in [0, 0.1) is 0 Å². The molecule has 450 valence electrons. The molecule has 78 heavy (non-hydrogen) atoms. The third kappa shape index (κ3) is 62.1. The first-order valence-electron chi connectivity index (χ1n) is 32.0. The molecule has 0 saturated carbocycles. The summed E-state index contributed by atoms with van der Waals surface area (Å²) in [5.41, 5.74) is 0. The molecule has 2 unspecified atom stereocenters. The fourth-order valence-electron chi connectivity index (χ4n) is 8.76. The quantitative estimate of drug-likeness (QED) is 0.0211. The molecule has 10 heteroatoms. The number of ether oxygens (including phenoxy) is 2. The lowest BCUT2D eigenvalue weighted by Crippen LogP contribution is -2.37. The van der Waals surface area contributed by atoms with Gasteiger partial charge < -0.3 is 18.9 Å². The van der Waals surface area contributed by atoms with Gasteiger partial charge in [0.25, 0.3) is 0 Å². The number of nitrogens with zero attached hydrogens (tertiary/aromatic N) is 1. The number of hydrogen-bond acceptors (Lipinski definition) is 7. The Morgan fingerprint density at radius 1 is 0.397 bits per heavy atom. The predicted molar refractivity (Wildman–Crippen MR) is 335 cm³/mol. The van der Waals surface area contributed by atoms with Gasteiger partial charge in [-0.2, -0.15) is 0 Å². The number of allylic oxidation sites excluding steroid dienone is 16. The van der Waals surface area contributed by atoms with Gasteiger partial charge in [0.15, 0.2) is 6.10 Å². The Morgan fingerprint density at radius 2 is 0.692 bits per heavy atom. The molecule has 9 nitrogen and oxygen atoms in total. The summed E-state index contributed by atoms with van der Waals surface area (Å²) < 4.78 is 34.5. The Bertz CT molecular complexity index is 1640. The second-order valence-corrected chi connectivity index (χ2v) is 23.8. The van der Waals surface area contributed by atoms with Crippen LogP contribution < -0.4 is 0 Å². The fourth-order valence-corrected chi connectivity index (χ4v) is 9.51. The van der Waals surface area contributed by atoms with Crippen LogP contribution in [0.3, 0.4) is 0 Å². The Morgan fingerprint density at radius 3 is 1.04 bits per heavy atom. The topological polar surface area (TPSA) is 108 Å². The van der Waals surface area contributed by atoms with Gasteiger partial charge in [0.05, 0.1) is 27.7 Å². The van der Waals surface area contributed by atoms with E-state index in [2.05, 4.69) is 111 Å². The van der Waals surface area contributed by atoms with Crippen molar-refractivity contribution >= 4 is 19.8 Å². The summed E-state index contributed by atoms with van der Waals surface area (Å²) >= 11 is 0. The molecular weight excluding hydrogens is 990 g/mol. The fraction of sp³-hybridized carbons (Fsp3) is 0.735. The molecule has 0 aliphatic heterocycles. The highest BCUT2D eigenvalue weighted by atomic mass is 31.2. The van der Waals surface area contributed by atoms with Crippen LogP contribution in [-0.4, -0.2) is 74.9 Å². The van der Waals surface area contributed by atoms with Gasteiger partial charge in [0.2, 0.25) is 0 Å². The first-order chi connectivity index (χ1) is 38.0. The van der Waals surface area contributed by atoms with Crippen molar-refractivity contribution < 1.29 is 42.1 Å². The number of carbonyl (C=O) groups is 2. The van der Waals surface area contributed by atoms with Crippen LogP contribution in [0.5, 0.6) is 0 Å². The molecule has 0 spiro atoms. The summed E-state index contributed by atoms with van der Waals surface area (Å²) in [5.74, 6) is -0.827. The molecule has 0 radical (unpaired) electrons. The van der Waals surface area contributed by atoms with Crippen molar-refractivity contribution in [2.45, 2.75) is 277 Å². The smallest absolute Gasteiger partial charge is 0.462 e. The second-order valence-electron chi connectivity index (χ2n) is 22.4. The number of phosphoric acid groups is 1. The van der Waals surface area contributed by atoms with Gasteiger partial charge >= 0.3 is 19.8 Å². The molecule has 0 aliphatic carbocycles. The Hall–Kier alpha value is -3.07. The predicted octanol–water partition coefficient (Wildman–Crippen LogP) is 20.4. The maximum Gasteiger partial charge on any atom is 0.472 e. The van der Waals surface area contributed by atoms with E-state index in [1.165, 1.54) is 148 Å². The monoisotopic (exact) mass is 1110 g/mol. The highest BCUT2D eigenvalue weighted by Crippen LogP contribution is 2.43. The first-order valence-corrected chi connectivity index (χ1v) is 33.5. The van der Waals surface area contributed by atoms with Gasteiger partial charge in [0.1, 0.15) is 19.8 Å². The maximum atomic E-state index is 12.8. The minimum atomic E-state index is -4.39. The van der Waals surface area contributed by atoms with E-state index in [9.17, 15) is 19.0 Å². The van der Waals surface area contributed by atoms with E-state index in [0.717, 1.165) is 83.5 Å². The average Bonchev–Trinajstić information content (AvgIpc) is 3.40. The molecule has 0 rings (SSSR count). The highest BCUT2D eigenvalue weighted by molar-refractivity contribution is 7.47. The van der Waals surface area contributed by atoms with Crippen molar-refractivity contribution in [2.75, 3.05) is 47.5 Å². The van der Waals surface area contributed by atoms with Crippen molar-refractivity contribution in [2.24, 2.45) is 0 Å². The third-order valence-electron chi connectivity index (χ3n) is 13.6. The second kappa shape index (κ2) is 58.6. The minimum absolute atomic E-state index is 0.0252. The van der Waals surface area contributed by atoms with Gasteiger partial charge in [-0.25, -0.2) is 4.57 Å². The van der Waals surface area contributed by atoms with Crippen molar-refractivity contribution in [3.8, 4) is 0 Å². The molecule has 0 bridgehead atoms. The lowest BCUT2D eigenvalue weighted by Gasteiger charge is -2.24. The number of carbonyl (C=O) groups excluding carboxylic acids is 2. The Kier molecular flexibility index (Phi) is 56.3. The summed E-state index contributed by atoms with van der Waals surface area (Å²) in [7, 11) is 1.46. The van der Waals surface area contributed by atoms with Gasteiger partial charge in [-0.05, 0) is 89.9 Å². The summed E-state index contributed by atoms with van der Waals surface area (Å²) in [6.45, 7) is 4.18. The summed E-state index contributed by atoms with van der Waals surface area (Å²) in [6.07, 6.45) is 81.1. The molecule has 1 N–H and O–H groups in total. The van der Waals surface area contributed by atoms with Crippen LogP contribution in [0.15, 0.2) is 97.2 Å². The normalized spacial score (nSPS) is 13.9. The molecule has 0 aromatic heterocycles. The molecular formula is C68H121NO8P+. The lowest BCUT2D eigenvalue weighted by molar-refractivity contribution is -0.870. The number of phosphoric ester groups is 1. The standard InChI is InChI=1S/C68H120NO8P/c1-6-8-10-12-14-16-18-20-21-22-23-24-25-26-27-28-29-30-31-32-33-34-35-36-37-38-39-40-41-42-43-44-45-46-47-49-51-53-55-57-59-61-68(71)77-66(65-76-78(72,73)75-63-62-69(3,4)5)64-74-67(70)60-58-56-54-52-50-48-19-17-15-13-11-9-7-2/h8-11,14-17,20-21,23-24,26-27,48,50,66H,6-7,12-13,18-19,22,25,28-47,49,51-65H2,1-5H3/p+1/b10-8-,11-9-,16-14-,17-15-,21-20-,24-23-,27-26-,50-48-. The van der Waals surface area contributed by atoms with Crippen LogP contribution in [0.1, 0.15) is 271 Å². The molecule has 0 amide bonds. The molecule has 0 heterocycles. The Balaban J connectivity index is 3.88. The molecule has 0 saturated heterocycles. The van der Waals surface area contributed by atoms with E-state index in [1.807, 2.05) is 21.1 Å². The zero-order valence-corrected chi connectivity index (χ0v) is 52.0. The number of quaternary nitrogens is 1. The highest BCUT2D eigenvalue weighted by Gasteiger charge is 2.27. The molecule has 0 aromatic rings. The van der Waals surface area contributed by atoms with E-state index in [-0.39, 0.29) is 26.1 Å². The molecule has 2 atom stereocenters. The first kappa shape index (κ1) is 74.9. The largest absolute Gasteiger partial charge is 0.472 e. The summed E-state index contributed by atoms with van der Waals surface area (Å²) in [5, 5.41) is 0. The summed E-state index contributed by atoms with van der Waals surface area (Å²) in [4.78, 5) is 35.6. The van der Waals surface area contributed by atoms with E-state index >= 15 is 0 Å². The molecule has 0 fully saturated rings. The number of rotatable bonds is 58. The number of likely N-dealkylation sites (N-methyl/N-ethyl adjacent to an activating group) is 1. The van der Waals surface area contributed by atoms with E-state index in [1.54, 1.807) is 0 Å². The Labute approximate surface area is 481 Å². The van der Waals surface area contributed by atoms with Crippen LogP contribution >= 0.6 is 7.82 Å². The number of esters is 2. The molecule has 0 aromatic carbocycles. The third-order valence-corrected chi connectivity index (χ3v) is 14.6. The van der Waals surface area contributed by atoms with E-state index < -0.39 is 32.5 Å². The van der Waals surface area contributed by atoms with Crippen molar-refractivity contribution in [1.29, 1.82) is 0 Å². The maximum absolute atomic E-state index is 12.8. The lowest BCUT2D eigenvalue weighted by atomic mass is 10.0. The van der Waals surface area contributed by atoms with Gasteiger partial charge in [-0.1, -0.05) is 265 Å². The van der Waals surface area contributed by atoms with Crippen molar-refractivity contribution in [1.82, 2.24) is 0 Å². The number of hydrogen-bond donors (Lipinski definition) is 1. The number of unbranched alkanes of at least 4 members (excludes halogenated alkanes) is 28. The molecule has 0 aliphatic rings. The van der Waals surface area contributed by atoms with Gasteiger partial charge in [0, 0.05) is 12.8 Å².